The van der Waals surface area contributed by atoms with Crippen LogP contribution in [0.4, 0.5) is 13.2 Å². The summed E-state index contributed by atoms with van der Waals surface area (Å²) in [5.41, 5.74) is 0.0132. The predicted octanol–water partition coefficient (Wildman–Crippen LogP) is 2.28. The third-order valence-electron chi connectivity index (χ3n) is 2.00. The van der Waals surface area contributed by atoms with Crippen molar-refractivity contribution in [3.05, 3.63) is 0 Å². The van der Waals surface area contributed by atoms with Gasteiger partial charge in [-0.25, -0.2) is 0 Å². The van der Waals surface area contributed by atoms with E-state index in [0.717, 1.165) is 0 Å². The van der Waals surface area contributed by atoms with Crippen molar-refractivity contribution >= 4 is 0 Å². The van der Waals surface area contributed by atoms with Gasteiger partial charge in [0.1, 0.15) is 0 Å². The SMILES string of the molecule is CC(C)(C)CCN(CCO)CC(F)(F)F. The van der Waals surface area contributed by atoms with Crippen molar-refractivity contribution in [2.75, 3.05) is 26.2 Å². The molecular formula is C10H20F3NO. The van der Waals surface area contributed by atoms with Crippen LogP contribution in [-0.4, -0.2) is 42.4 Å². The van der Waals surface area contributed by atoms with E-state index in [2.05, 4.69) is 0 Å². The summed E-state index contributed by atoms with van der Waals surface area (Å²) in [7, 11) is 0. The van der Waals surface area contributed by atoms with Crippen molar-refractivity contribution in [3.8, 4) is 0 Å². The van der Waals surface area contributed by atoms with E-state index in [9.17, 15) is 13.2 Å². The summed E-state index contributed by atoms with van der Waals surface area (Å²) >= 11 is 0. The number of halogens is 3. The zero-order valence-electron chi connectivity index (χ0n) is 9.56. The second-order valence-electron chi connectivity index (χ2n) is 4.93. The highest BCUT2D eigenvalue weighted by Crippen LogP contribution is 2.21. The Kier molecular flexibility index (Phi) is 5.59. The van der Waals surface area contributed by atoms with Gasteiger partial charge in [0, 0.05) is 6.54 Å². The van der Waals surface area contributed by atoms with Crippen LogP contribution in [0.2, 0.25) is 0 Å². The van der Waals surface area contributed by atoms with Gasteiger partial charge in [-0.2, -0.15) is 13.2 Å². The van der Waals surface area contributed by atoms with Gasteiger partial charge >= 0.3 is 6.18 Å². The molecule has 15 heavy (non-hydrogen) atoms. The van der Waals surface area contributed by atoms with Gasteiger partial charge in [0.2, 0.25) is 0 Å². The third-order valence-corrected chi connectivity index (χ3v) is 2.00. The molecule has 0 aliphatic heterocycles. The average Bonchev–Trinajstić information content (AvgIpc) is 1.96. The van der Waals surface area contributed by atoms with Crippen molar-refractivity contribution < 1.29 is 18.3 Å². The van der Waals surface area contributed by atoms with Crippen molar-refractivity contribution in [2.24, 2.45) is 5.41 Å². The van der Waals surface area contributed by atoms with Crippen LogP contribution in [0.1, 0.15) is 27.2 Å². The lowest BCUT2D eigenvalue weighted by Crippen LogP contribution is -2.38. The van der Waals surface area contributed by atoms with Crippen LogP contribution in [0.3, 0.4) is 0 Å². The fourth-order valence-corrected chi connectivity index (χ4v) is 1.16. The minimum atomic E-state index is -4.19. The maximum Gasteiger partial charge on any atom is 0.401 e. The molecule has 0 saturated carbocycles. The third kappa shape index (κ3) is 10.0. The molecule has 0 rings (SSSR count). The zero-order chi connectivity index (χ0) is 12.1. The first-order valence-electron chi connectivity index (χ1n) is 5.04. The van der Waals surface area contributed by atoms with Gasteiger partial charge in [-0.15, -0.1) is 0 Å². The second kappa shape index (κ2) is 5.70. The number of aliphatic hydroxyl groups excluding tert-OH is 1. The Bertz CT molecular complexity index is 174. The molecule has 0 aromatic rings. The van der Waals surface area contributed by atoms with Gasteiger partial charge in [0.15, 0.2) is 0 Å². The van der Waals surface area contributed by atoms with E-state index in [1.54, 1.807) is 0 Å². The van der Waals surface area contributed by atoms with Gasteiger partial charge in [-0.05, 0) is 18.4 Å². The van der Waals surface area contributed by atoms with Gasteiger partial charge in [-0.3, -0.25) is 4.90 Å². The lowest BCUT2D eigenvalue weighted by molar-refractivity contribution is -0.147. The highest BCUT2D eigenvalue weighted by Gasteiger charge is 2.30. The van der Waals surface area contributed by atoms with Gasteiger partial charge in [0.25, 0.3) is 0 Å². The summed E-state index contributed by atoms with van der Waals surface area (Å²) in [6.45, 7) is 5.22. The second-order valence-corrected chi connectivity index (χ2v) is 4.93. The quantitative estimate of drug-likeness (QED) is 0.779. The maximum absolute atomic E-state index is 12.1. The monoisotopic (exact) mass is 227 g/mol. The molecule has 0 radical (unpaired) electrons. The van der Waals surface area contributed by atoms with Crippen LogP contribution in [0, 0.1) is 5.41 Å². The van der Waals surface area contributed by atoms with Crippen LogP contribution in [0.25, 0.3) is 0 Å². The van der Waals surface area contributed by atoms with Crippen LogP contribution >= 0.6 is 0 Å². The molecule has 0 aliphatic carbocycles. The maximum atomic E-state index is 12.1. The Balaban J connectivity index is 4.05. The van der Waals surface area contributed by atoms with Crippen molar-refractivity contribution in [1.29, 1.82) is 0 Å². The van der Waals surface area contributed by atoms with E-state index in [-0.39, 0.29) is 18.6 Å². The van der Waals surface area contributed by atoms with E-state index in [1.807, 2.05) is 20.8 Å². The fourth-order valence-electron chi connectivity index (χ4n) is 1.16. The number of nitrogens with zero attached hydrogens (tertiary/aromatic N) is 1. The molecule has 0 amide bonds. The first kappa shape index (κ1) is 14.7. The molecule has 0 unspecified atom stereocenters. The largest absolute Gasteiger partial charge is 0.401 e. The van der Waals surface area contributed by atoms with E-state index in [4.69, 9.17) is 5.11 Å². The number of rotatable bonds is 5. The molecule has 0 atom stereocenters. The molecule has 0 heterocycles. The summed E-state index contributed by atoms with van der Waals surface area (Å²) in [4.78, 5) is 1.24. The predicted molar refractivity (Wildman–Crippen MR) is 53.7 cm³/mol. The molecule has 0 aromatic heterocycles. The topological polar surface area (TPSA) is 23.5 Å². The summed E-state index contributed by atoms with van der Waals surface area (Å²) in [6, 6.07) is 0. The van der Waals surface area contributed by atoms with E-state index >= 15 is 0 Å². The molecule has 5 heteroatoms. The van der Waals surface area contributed by atoms with Crippen LogP contribution in [0.15, 0.2) is 0 Å². The molecule has 0 aromatic carbocycles. The lowest BCUT2D eigenvalue weighted by Gasteiger charge is -2.26. The Morgan fingerprint density at radius 2 is 1.60 bits per heavy atom. The zero-order valence-corrected chi connectivity index (χ0v) is 9.56. The van der Waals surface area contributed by atoms with E-state index in [0.29, 0.717) is 13.0 Å². The highest BCUT2D eigenvalue weighted by molar-refractivity contribution is 4.68. The fraction of sp³-hybridized carbons (Fsp3) is 1.00. The molecular weight excluding hydrogens is 207 g/mol. The minimum absolute atomic E-state index is 0.0132. The van der Waals surface area contributed by atoms with Crippen molar-refractivity contribution in [3.63, 3.8) is 0 Å². The molecule has 2 nitrogen and oxygen atoms in total. The van der Waals surface area contributed by atoms with E-state index < -0.39 is 12.7 Å². The molecule has 0 spiro atoms. The smallest absolute Gasteiger partial charge is 0.395 e. The molecule has 92 valence electrons. The van der Waals surface area contributed by atoms with Crippen LogP contribution < -0.4 is 0 Å². The summed E-state index contributed by atoms with van der Waals surface area (Å²) < 4.78 is 36.4. The summed E-state index contributed by atoms with van der Waals surface area (Å²) in [6.07, 6.45) is -3.50. The van der Waals surface area contributed by atoms with E-state index in [1.165, 1.54) is 4.90 Å². The van der Waals surface area contributed by atoms with Gasteiger partial charge < -0.3 is 5.11 Å². The number of aliphatic hydroxyl groups is 1. The number of hydrogen-bond donors (Lipinski definition) is 1. The molecule has 0 fully saturated rings. The van der Waals surface area contributed by atoms with Gasteiger partial charge in [0.05, 0.1) is 13.2 Å². The normalized spacial score (nSPS) is 13.6. The Morgan fingerprint density at radius 3 is 1.93 bits per heavy atom. The van der Waals surface area contributed by atoms with Gasteiger partial charge in [-0.1, -0.05) is 20.8 Å². The standard InChI is InChI=1S/C10H20F3NO/c1-9(2,3)4-5-14(6-7-15)8-10(11,12)13/h15H,4-8H2,1-3H3. The first-order valence-corrected chi connectivity index (χ1v) is 5.04. The summed E-state index contributed by atoms with van der Waals surface area (Å²) in [5, 5.41) is 8.65. The summed E-state index contributed by atoms with van der Waals surface area (Å²) in [5.74, 6) is 0. The number of alkyl halides is 3. The Morgan fingerprint density at radius 1 is 1.07 bits per heavy atom. The molecule has 1 N–H and O–H groups in total. The number of hydrogen-bond acceptors (Lipinski definition) is 2. The molecule has 0 bridgehead atoms. The molecule has 0 saturated heterocycles. The Labute approximate surface area is 89.1 Å². The highest BCUT2D eigenvalue weighted by atomic mass is 19.4. The lowest BCUT2D eigenvalue weighted by atomic mass is 9.92. The van der Waals surface area contributed by atoms with Crippen LogP contribution in [-0.2, 0) is 0 Å². The Hall–Kier alpha value is -0.290. The van der Waals surface area contributed by atoms with Crippen molar-refractivity contribution in [2.45, 2.75) is 33.4 Å². The first-order chi connectivity index (χ1) is 6.64. The molecule has 0 aliphatic rings. The average molecular weight is 227 g/mol. The van der Waals surface area contributed by atoms with Crippen molar-refractivity contribution in [1.82, 2.24) is 4.90 Å². The minimum Gasteiger partial charge on any atom is -0.395 e. The van der Waals surface area contributed by atoms with Crippen LogP contribution in [0.5, 0.6) is 0 Å².